The zero-order valence-corrected chi connectivity index (χ0v) is 12.6. The standard InChI is InChI=1S/C19H19NO2/c1-22-19(21)18-16-10-6-5-9-15(16)11-12-17(18)20-13-14-7-3-2-4-8-14/h2-10,20H,11-13H2,1H3. The molecule has 1 aliphatic rings. The average molecular weight is 293 g/mol. The second kappa shape index (κ2) is 6.48. The van der Waals surface area contributed by atoms with Gasteiger partial charge in [0.2, 0.25) is 0 Å². The Morgan fingerprint density at radius 2 is 1.77 bits per heavy atom. The van der Waals surface area contributed by atoms with Crippen molar-refractivity contribution in [3.05, 3.63) is 77.0 Å². The highest BCUT2D eigenvalue weighted by atomic mass is 16.5. The summed E-state index contributed by atoms with van der Waals surface area (Å²) in [5.74, 6) is -0.275. The number of allylic oxidation sites excluding steroid dienone is 1. The van der Waals surface area contributed by atoms with Crippen LogP contribution in [0.1, 0.15) is 23.1 Å². The van der Waals surface area contributed by atoms with Gasteiger partial charge in [0.25, 0.3) is 0 Å². The normalized spacial score (nSPS) is 13.5. The fraction of sp³-hybridized carbons (Fsp3) is 0.211. The van der Waals surface area contributed by atoms with Crippen molar-refractivity contribution >= 4 is 11.5 Å². The lowest BCUT2D eigenvalue weighted by molar-refractivity contribution is -0.133. The molecule has 22 heavy (non-hydrogen) atoms. The summed E-state index contributed by atoms with van der Waals surface area (Å²) in [6, 6.07) is 18.2. The Bertz CT molecular complexity index is 704. The van der Waals surface area contributed by atoms with Gasteiger partial charge >= 0.3 is 5.97 Å². The number of fused-ring (bicyclic) bond motifs is 1. The number of benzene rings is 2. The molecule has 112 valence electrons. The molecule has 0 radical (unpaired) electrons. The molecule has 3 rings (SSSR count). The fourth-order valence-corrected chi connectivity index (χ4v) is 2.85. The number of nitrogens with one attached hydrogen (secondary N) is 1. The van der Waals surface area contributed by atoms with Gasteiger partial charge in [0.15, 0.2) is 0 Å². The molecule has 0 saturated carbocycles. The van der Waals surface area contributed by atoms with Crippen molar-refractivity contribution in [2.75, 3.05) is 7.11 Å². The lowest BCUT2D eigenvalue weighted by Gasteiger charge is -2.23. The van der Waals surface area contributed by atoms with Crippen molar-refractivity contribution in [2.24, 2.45) is 0 Å². The molecule has 0 amide bonds. The van der Waals surface area contributed by atoms with E-state index in [9.17, 15) is 4.79 Å². The van der Waals surface area contributed by atoms with Crippen LogP contribution in [0.5, 0.6) is 0 Å². The first-order valence-electron chi connectivity index (χ1n) is 7.47. The molecule has 1 N–H and O–H groups in total. The number of aryl methyl sites for hydroxylation is 1. The monoisotopic (exact) mass is 293 g/mol. The molecule has 3 heteroatoms. The molecular formula is C19H19NO2. The van der Waals surface area contributed by atoms with Crippen LogP contribution in [0.25, 0.3) is 5.57 Å². The van der Waals surface area contributed by atoms with Crippen LogP contribution in [-0.4, -0.2) is 13.1 Å². The lowest BCUT2D eigenvalue weighted by Crippen LogP contribution is -2.22. The van der Waals surface area contributed by atoms with Crippen molar-refractivity contribution < 1.29 is 9.53 Å². The van der Waals surface area contributed by atoms with Crippen molar-refractivity contribution in [3.8, 4) is 0 Å². The first-order chi connectivity index (χ1) is 10.8. The number of rotatable bonds is 4. The number of hydrogen-bond acceptors (Lipinski definition) is 3. The zero-order chi connectivity index (χ0) is 15.4. The molecule has 3 nitrogen and oxygen atoms in total. The van der Waals surface area contributed by atoms with Gasteiger partial charge in [0.1, 0.15) is 0 Å². The van der Waals surface area contributed by atoms with Gasteiger partial charge < -0.3 is 10.1 Å². The van der Waals surface area contributed by atoms with Gasteiger partial charge in [-0.2, -0.15) is 0 Å². The van der Waals surface area contributed by atoms with Crippen molar-refractivity contribution in [3.63, 3.8) is 0 Å². The largest absolute Gasteiger partial charge is 0.465 e. The predicted molar refractivity (Wildman–Crippen MR) is 87.0 cm³/mol. The third kappa shape index (κ3) is 2.89. The summed E-state index contributed by atoms with van der Waals surface area (Å²) in [5, 5.41) is 3.42. The molecule has 0 unspecified atom stereocenters. The molecule has 2 aromatic rings. The van der Waals surface area contributed by atoms with E-state index in [-0.39, 0.29) is 5.97 Å². The van der Waals surface area contributed by atoms with Crippen LogP contribution in [0, 0.1) is 0 Å². The Labute approximate surface area is 130 Å². The van der Waals surface area contributed by atoms with Crippen LogP contribution in [0.2, 0.25) is 0 Å². The van der Waals surface area contributed by atoms with Gasteiger partial charge in [-0.3, -0.25) is 0 Å². The number of ether oxygens (including phenoxy) is 1. The van der Waals surface area contributed by atoms with E-state index in [0.29, 0.717) is 12.1 Å². The lowest BCUT2D eigenvalue weighted by atomic mass is 9.88. The molecule has 0 fully saturated rings. The van der Waals surface area contributed by atoms with E-state index in [1.807, 2.05) is 36.4 Å². The van der Waals surface area contributed by atoms with Crippen molar-refractivity contribution in [1.29, 1.82) is 0 Å². The van der Waals surface area contributed by atoms with E-state index in [1.165, 1.54) is 18.2 Å². The highest BCUT2D eigenvalue weighted by Gasteiger charge is 2.24. The topological polar surface area (TPSA) is 38.3 Å². The molecule has 0 atom stereocenters. The van der Waals surface area contributed by atoms with E-state index >= 15 is 0 Å². The summed E-state index contributed by atoms with van der Waals surface area (Å²) in [6.45, 7) is 0.707. The van der Waals surface area contributed by atoms with E-state index < -0.39 is 0 Å². The van der Waals surface area contributed by atoms with Crippen LogP contribution in [0.15, 0.2) is 60.3 Å². The molecular weight excluding hydrogens is 274 g/mol. The summed E-state index contributed by atoms with van der Waals surface area (Å²) in [7, 11) is 1.43. The van der Waals surface area contributed by atoms with Gasteiger partial charge in [-0.15, -0.1) is 0 Å². The Hall–Kier alpha value is -2.55. The smallest absolute Gasteiger partial charge is 0.340 e. The first kappa shape index (κ1) is 14.4. The number of methoxy groups -OCH3 is 1. The summed E-state index contributed by atoms with van der Waals surface area (Å²) in [4.78, 5) is 12.2. The molecule has 0 saturated heterocycles. The van der Waals surface area contributed by atoms with Crippen LogP contribution < -0.4 is 5.32 Å². The van der Waals surface area contributed by atoms with Crippen LogP contribution in [-0.2, 0) is 22.5 Å². The SMILES string of the molecule is COC(=O)C1=C(NCc2ccccc2)CCc2ccccc21. The van der Waals surface area contributed by atoms with Gasteiger partial charge in [0.05, 0.1) is 12.7 Å². The Morgan fingerprint density at radius 3 is 2.55 bits per heavy atom. The van der Waals surface area contributed by atoms with Gasteiger partial charge in [0, 0.05) is 12.2 Å². The second-order valence-corrected chi connectivity index (χ2v) is 5.34. The number of carbonyl (C=O) groups is 1. The van der Waals surface area contributed by atoms with Crippen LogP contribution >= 0.6 is 0 Å². The Kier molecular flexibility index (Phi) is 4.24. The maximum atomic E-state index is 12.2. The summed E-state index contributed by atoms with van der Waals surface area (Å²) in [5.41, 5.74) is 5.01. The van der Waals surface area contributed by atoms with E-state index in [2.05, 4.69) is 23.5 Å². The van der Waals surface area contributed by atoms with Crippen LogP contribution in [0.4, 0.5) is 0 Å². The third-order valence-corrected chi connectivity index (χ3v) is 3.97. The Morgan fingerprint density at radius 1 is 1.05 bits per heavy atom. The molecule has 2 aromatic carbocycles. The van der Waals surface area contributed by atoms with Crippen molar-refractivity contribution in [2.45, 2.75) is 19.4 Å². The minimum absolute atomic E-state index is 0.275. The quantitative estimate of drug-likeness (QED) is 0.879. The van der Waals surface area contributed by atoms with Crippen LogP contribution in [0.3, 0.4) is 0 Å². The van der Waals surface area contributed by atoms with Crippen molar-refractivity contribution in [1.82, 2.24) is 5.32 Å². The van der Waals surface area contributed by atoms with Gasteiger partial charge in [-0.1, -0.05) is 54.6 Å². The fourth-order valence-electron chi connectivity index (χ4n) is 2.85. The first-order valence-corrected chi connectivity index (χ1v) is 7.47. The Balaban J connectivity index is 1.92. The van der Waals surface area contributed by atoms with E-state index in [4.69, 9.17) is 4.74 Å². The highest BCUT2D eigenvalue weighted by Crippen LogP contribution is 2.31. The molecule has 0 aromatic heterocycles. The van der Waals surface area contributed by atoms with Gasteiger partial charge in [-0.05, 0) is 29.5 Å². The maximum Gasteiger partial charge on any atom is 0.340 e. The average Bonchev–Trinajstić information content (AvgIpc) is 2.59. The summed E-state index contributed by atoms with van der Waals surface area (Å²) >= 11 is 0. The minimum atomic E-state index is -0.275. The number of esters is 1. The molecule has 0 aliphatic heterocycles. The second-order valence-electron chi connectivity index (χ2n) is 5.34. The van der Waals surface area contributed by atoms with E-state index in [0.717, 1.165) is 24.1 Å². The van der Waals surface area contributed by atoms with Gasteiger partial charge in [-0.25, -0.2) is 4.79 Å². The molecule has 0 heterocycles. The maximum absolute atomic E-state index is 12.2. The molecule has 0 bridgehead atoms. The molecule has 0 spiro atoms. The number of hydrogen-bond donors (Lipinski definition) is 1. The highest BCUT2D eigenvalue weighted by molar-refractivity contribution is 6.18. The predicted octanol–water partition coefficient (Wildman–Crippen LogP) is 3.31. The minimum Gasteiger partial charge on any atom is -0.465 e. The molecule has 1 aliphatic carbocycles. The zero-order valence-electron chi connectivity index (χ0n) is 12.6. The van der Waals surface area contributed by atoms with E-state index in [1.54, 1.807) is 0 Å². The third-order valence-electron chi connectivity index (χ3n) is 3.97. The number of carbonyl (C=O) groups excluding carboxylic acids is 1. The summed E-state index contributed by atoms with van der Waals surface area (Å²) in [6.07, 6.45) is 1.77. The summed E-state index contributed by atoms with van der Waals surface area (Å²) < 4.78 is 4.99.